The second-order valence-corrected chi connectivity index (χ2v) is 7.16. The molecule has 0 aliphatic carbocycles. The second-order valence-electron chi connectivity index (χ2n) is 5.81. The molecule has 23 heavy (non-hydrogen) atoms. The zero-order chi connectivity index (χ0) is 16.1. The number of benzene rings is 2. The Hall–Kier alpha value is -1.03. The third-order valence-corrected chi connectivity index (χ3v) is 4.77. The van der Waals surface area contributed by atoms with Gasteiger partial charge in [0.2, 0.25) is 0 Å². The number of ether oxygens (including phenoxy) is 1. The quantitative estimate of drug-likeness (QED) is 0.667. The van der Waals surface area contributed by atoms with Gasteiger partial charge in [0.1, 0.15) is 12.4 Å². The van der Waals surface area contributed by atoms with E-state index in [9.17, 15) is 0 Å². The van der Waals surface area contributed by atoms with Gasteiger partial charge >= 0.3 is 0 Å². The number of rotatable bonds is 5. The van der Waals surface area contributed by atoms with Crippen LogP contribution in [-0.4, -0.2) is 18.0 Å². The minimum absolute atomic E-state index is 0.555. The van der Waals surface area contributed by atoms with Gasteiger partial charge in [0.05, 0.1) is 0 Å². The summed E-state index contributed by atoms with van der Waals surface area (Å²) in [5.41, 5.74) is 2.35. The molecule has 0 saturated carbocycles. The SMILES string of the molecule is Clc1ccc(COc2ccc(Br)cc2CN2CC[CH]CC2)cc1. The van der Waals surface area contributed by atoms with E-state index in [0.29, 0.717) is 6.61 Å². The topological polar surface area (TPSA) is 12.5 Å². The fourth-order valence-corrected chi connectivity index (χ4v) is 3.29. The van der Waals surface area contributed by atoms with Crippen molar-refractivity contribution in [3.8, 4) is 5.75 Å². The number of hydrogen-bond donors (Lipinski definition) is 0. The molecule has 0 spiro atoms. The first-order valence-electron chi connectivity index (χ1n) is 7.90. The molecule has 0 atom stereocenters. The second kappa shape index (κ2) is 8.18. The number of halogens is 2. The molecule has 1 fully saturated rings. The molecule has 1 aliphatic heterocycles. The van der Waals surface area contributed by atoms with Crippen molar-refractivity contribution in [1.29, 1.82) is 0 Å². The normalized spacial score (nSPS) is 15.6. The molecule has 0 unspecified atom stereocenters. The molecule has 0 bridgehead atoms. The summed E-state index contributed by atoms with van der Waals surface area (Å²) in [5.74, 6) is 0.956. The van der Waals surface area contributed by atoms with Gasteiger partial charge in [0, 0.05) is 21.6 Å². The first-order valence-corrected chi connectivity index (χ1v) is 9.07. The molecule has 2 aromatic carbocycles. The molecule has 1 saturated heterocycles. The van der Waals surface area contributed by atoms with Crippen LogP contribution < -0.4 is 4.74 Å². The van der Waals surface area contributed by atoms with Gasteiger partial charge in [-0.3, -0.25) is 4.90 Å². The van der Waals surface area contributed by atoms with Crippen LogP contribution in [0.5, 0.6) is 5.75 Å². The van der Waals surface area contributed by atoms with Crippen molar-refractivity contribution in [2.45, 2.75) is 26.0 Å². The molecular weight excluding hydrogens is 374 g/mol. The smallest absolute Gasteiger partial charge is 0.124 e. The fourth-order valence-electron chi connectivity index (χ4n) is 2.76. The summed E-state index contributed by atoms with van der Waals surface area (Å²) < 4.78 is 7.15. The Balaban J connectivity index is 1.69. The van der Waals surface area contributed by atoms with Crippen molar-refractivity contribution >= 4 is 27.5 Å². The van der Waals surface area contributed by atoms with Crippen LogP contribution in [0.4, 0.5) is 0 Å². The first kappa shape index (κ1) is 16.8. The molecule has 0 amide bonds. The molecule has 1 heterocycles. The van der Waals surface area contributed by atoms with Crippen LogP contribution in [-0.2, 0) is 13.2 Å². The lowest BCUT2D eigenvalue weighted by atomic mass is 10.1. The van der Waals surface area contributed by atoms with Crippen molar-refractivity contribution in [3.63, 3.8) is 0 Å². The maximum atomic E-state index is 6.06. The van der Waals surface area contributed by atoms with Crippen LogP contribution in [0.25, 0.3) is 0 Å². The van der Waals surface area contributed by atoms with E-state index in [2.05, 4.69) is 33.3 Å². The lowest BCUT2D eigenvalue weighted by Crippen LogP contribution is -2.29. The predicted octanol–water partition coefficient (Wildman–Crippen LogP) is 5.48. The average molecular weight is 394 g/mol. The Morgan fingerprint density at radius 1 is 1.04 bits per heavy atom. The maximum Gasteiger partial charge on any atom is 0.124 e. The van der Waals surface area contributed by atoms with E-state index < -0.39 is 0 Å². The van der Waals surface area contributed by atoms with Crippen LogP contribution in [0.15, 0.2) is 46.9 Å². The Labute approximate surface area is 151 Å². The summed E-state index contributed by atoms with van der Waals surface area (Å²) in [6.45, 7) is 3.75. The first-order chi connectivity index (χ1) is 11.2. The minimum atomic E-state index is 0.555. The van der Waals surface area contributed by atoms with Gasteiger partial charge in [-0.25, -0.2) is 0 Å². The molecular formula is C19H20BrClNO. The van der Waals surface area contributed by atoms with E-state index in [-0.39, 0.29) is 0 Å². The summed E-state index contributed by atoms with van der Waals surface area (Å²) in [4.78, 5) is 2.48. The molecule has 2 aromatic rings. The molecule has 3 rings (SSSR count). The Morgan fingerprint density at radius 2 is 1.78 bits per heavy atom. The highest BCUT2D eigenvalue weighted by Crippen LogP contribution is 2.26. The highest BCUT2D eigenvalue weighted by atomic mass is 79.9. The fraction of sp³-hybridized carbons (Fsp3) is 0.316. The standard InChI is InChI=1S/C19H20BrClNO/c20-17-6-9-19(23-14-15-4-7-18(21)8-5-15)16(12-17)13-22-10-2-1-3-11-22/h1,4-9,12H,2-3,10-11,13-14H2. The largest absolute Gasteiger partial charge is 0.489 e. The number of likely N-dealkylation sites (tertiary alicyclic amines) is 1. The third-order valence-electron chi connectivity index (χ3n) is 4.02. The summed E-state index contributed by atoms with van der Waals surface area (Å²) in [5, 5.41) is 0.750. The van der Waals surface area contributed by atoms with Gasteiger partial charge in [-0.15, -0.1) is 0 Å². The van der Waals surface area contributed by atoms with Crippen LogP contribution in [0.2, 0.25) is 5.02 Å². The van der Waals surface area contributed by atoms with Crippen LogP contribution in [0.3, 0.4) is 0 Å². The molecule has 4 heteroatoms. The minimum Gasteiger partial charge on any atom is -0.489 e. The highest BCUT2D eigenvalue weighted by Gasteiger charge is 2.14. The van der Waals surface area contributed by atoms with E-state index in [1.165, 1.54) is 18.4 Å². The number of piperidine rings is 1. The van der Waals surface area contributed by atoms with Gasteiger partial charge in [-0.2, -0.15) is 0 Å². The lowest BCUT2D eigenvalue weighted by molar-refractivity contribution is 0.237. The number of hydrogen-bond acceptors (Lipinski definition) is 2. The Kier molecular flexibility index (Phi) is 5.98. The lowest BCUT2D eigenvalue weighted by Gasteiger charge is -2.27. The van der Waals surface area contributed by atoms with E-state index in [4.69, 9.17) is 16.3 Å². The maximum absolute atomic E-state index is 6.06. The van der Waals surface area contributed by atoms with Crippen molar-refractivity contribution in [2.75, 3.05) is 13.1 Å². The van der Waals surface area contributed by atoms with E-state index >= 15 is 0 Å². The Morgan fingerprint density at radius 3 is 2.52 bits per heavy atom. The van der Waals surface area contributed by atoms with Gasteiger partial charge in [0.15, 0.2) is 0 Å². The van der Waals surface area contributed by atoms with E-state index in [0.717, 1.165) is 40.4 Å². The zero-order valence-corrected chi connectivity index (χ0v) is 15.3. The highest BCUT2D eigenvalue weighted by molar-refractivity contribution is 9.10. The van der Waals surface area contributed by atoms with Gasteiger partial charge in [0.25, 0.3) is 0 Å². The van der Waals surface area contributed by atoms with Crippen LogP contribution in [0, 0.1) is 6.42 Å². The van der Waals surface area contributed by atoms with Crippen LogP contribution in [0.1, 0.15) is 24.0 Å². The molecule has 1 aliphatic rings. The summed E-state index contributed by atoms with van der Waals surface area (Å²) in [6.07, 6.45) is 4.72. The van der Waals surface area contributed by atoms with Crippen molar-refractivity contribution in [2.24, 2.45) is 0 Å². The molecule has 121 valence electrons. The van der Waals surface area contributed by atoms with Gasteiger partial charge < -0.3 is 4.74 Å². The number of nitrogens with zero attached hydrogens (tertiary/aromatic N) is 1. The molecule has 0 N–H and O–H groups in total. The third kappa shape index (κ3) is 4.97. The zero-order valence-electron chi connectivity index (χ0n) is 13.0. The van der Waals surface area contributed by atoms with Gasteiger partial charge in [-0.1, -0.05) is 39.7 Å². The summed E-state index contributed by atoms with van der Waals surface area (Å²) in [6, 6.07) is 14.0. The summed E-state index contributed by atoms with van der Waals surface area (Å²) >= 11 is 9.50. The van der Waals surface area contributed by atoms with E-state index in [1.54, 1.807) is 0 Å². The van der Waals surface area contributed by atoms with Crippen LogP contribution >= 0.6 is 27.5 Å². The Bertz CT molecular complexity index is 638. The van der Waals surface area contributed by atoms with Crippen molar-refractivity contribution < 1.29 is 4.74 Å². The molecule has 1 radical (unpaired) electrons. The van der Waals surface area contributed by atoms with Crippen molar-refractivity contribution in [1.82, 2.24) is 4.90 Å². The predicted molar refractivity (Wildman–Crippen MR) is 98.7 cm³/mol. The average Bonchev–Trinajstić information content (AvgIpc) is 2.57. The van der Waals surface area contributed by atoms with Gasteiger partial charge in [-0.05, 0) is 68.2 Å². The monoisotopic (exact) mass is 392 g/mol. The van der Waals surface area contributed by atoms with E-state index in [1.807, 2.05) is 36.4 Å². The molecule has 0 aromatic heterocycles. The summed E-state index contributed by atoms with van der Waals surface area (Å²) in [7, 11) is 0. The van der Waals surface area contributed by atoms with Crippen molar-refractivity contribution in [3.05, 3.63) is 69.5 Å². The molecule has 2 nitrogen and oxygen atoms in total.